The number of nitrogens with one attached hydrogen (secondary N) is 1. The van der Waals surface area contributed by atoms with E-state index in [9.17, 15) is 4.79 Å². The second-order valence-electron chi connectivity index (χ2n) is 7.60. The molecule has 1 saturated heterocycles. The maximum absolute atomic E-state index is 12.4. The topological polar surface area (TPSA) is 48.5 Å². The Hall–Kier alpha value is -2.24. The quantitative estimate of drug-likeness (QED) is 0.890. The van der Waals surface area contributed by atoms with Crippen LogP contribution < -0.4 is 10.2 Å². The first-order chi connectivity index (χ1) is 13.2. The molecule has 2 bridgehead atoms. The highest BCUT2D eigenvalue weighted by Crippen LogP contribution is 2.30. The molecule has 0 unspecified atom stereocenters. The third-order valence-corrected chi connectivity index (χ3v) is 5.89. The molecule has 2 atom stereocenters. The van der Waals surface area contributed by atoms with Gasteiger partial charge in [-0.3, -0.25) is 14.7 Å². The van der Waals surface area contributed by atoms with Gasteiger partial charge >= 0.3 is 0 Å². The molecule has 0 aliphatic carbocycles. The first-order valence-electron chi connectivity index (χ1n) is 9.95. The fraction of sp³-hybridized carbons (Fsp3) is 0.455. The smallest absolute Gasteiger partial charge is 0.223 e. The van der Waals surface area contributed by atoms with Crippen molar-refractivity contribution in [2.45, 2.75) is 51.4 Å². The lowest BCUT2D eigenvalue weighted by Gasteiger charge is -2.31. The van der Waals surface area contributed by atoms with Crippen molar-refractivity contribution in [2.75, 3.05) is 18.0 Å². The zero-order valence-electron chi connectivity index (χ0n) is 16.0. The van der Waals surface area contributed by atoms with Crippen LogP contribution in [-0.4, -0.2) is 41.0 Å². The number of pyridine rings is 1. The maximum Gasteiger partial charge on any atom is 0.223 e. The van der Waals surface area contributed by atoms with E-state index in [0.717, 1.165) is 44.0 Å². The summed E-state index contributed by atoms with van der Waals surface area (Å²) < 4.78 is 0. The van der Waals surface area contributed by atoms with Gasteiger partial charge in [-0.25, -0.2) is 0 Å². The Morgan fingerprint density at radius 3 is 2.74 bits per heavy atom. The lowest BCUT2D eigenvalue weighted by molar-refractivity contribution is -0.116. The van der Waals surface area contributed by atoms with Crippen molar-refractivity contribution >= 4 is 11.6 Å². The molecular formula is C22H28N4O. The number of para-hydroxylation sites is 1. The molecule has 1 N–H and O–H groups in total. The van der Waals surface area contributed by atoms with Gasteiger partial charge < -0.3 is 10.2 Å². The highest BCUT2D eigenvalue weighted by molar-refractivity contribution is 5.92. The number of carbonyl (C=O) groups is 1. The van der Waals surface area contributed by atoms with Gasteiger partial charge in [-0.1, -0.05) is 24.3 Å². The summed E-state index contributed by atoms with van der Waals surface area (Å²) in [7, 11) is 0. The Bertz CT molecular complexity index is 779. The Morgan fingerprint density at radius 1 is 1.11 bits per heavy atom. The first kappa shape index (κ1) is 18.1. The first-order valence-corrected chi connectivity index (χ1v) is 9.95. The molecular weight excluding hydrogens is 336 g/mol. The minimum Gasteiger partial charge on any atom is -0.312 e. The number of fused-ring (bicyclic) bond motifs is 3. The Morgan fingerprint density at radius 2 is 1.93 bits per heavy atom. The molecule has 5 nitrogen and oxygen atoms in total. The van der Waals surface area contributed by atoms with Gasteiger partial charge in [0.1, 0.15) is 0 Å². The minimum atomic E-state index is 0.118. The van der Waals surface area contributed by atoms with E-state index in [1.54, 1.807) is 6.92 Å². The molecule has 2 aliphatic rings. The van der Waals surface area contributed by atoms with E-state index in [0.29, 0.717) is 12.1 Å². The zero-order chi connectivity index (χ0) is 18.6. The highest BCUT2D eigenvalue weighted by Gasteiger charge is 2.34. The summed E-state index contributed by atoms with van der Waals surface area (Å²) in [5.74, 6) is 0.118. The predicted octanol–water partition coefficient (Wildman–Crippen LogP) is 2.96. The van der Waals surface area contributed by atoms with Crippen molar-refractivity contribution in [3.63, 3.8) is 0 Å². The number of nitrogens with zero attached hydrogens (tertiary/aromatic N) is 3. The zero-order valence-corrected chi connectivity index (χ0v) is 16.0. The third-order valence-electron chi connectivity index (χ3n) is 5.89. The summed E-state index contributed by atoms with van der Waals surface area (Å²) in [6.07, 6.45) is 5.26. The summed E-state index contributed by atoms with van der Waals surface area (Å²) in [6.45, 7) is 5.08. The Labute approximate surface area is 161 Å². The van der Waals surface area contributed by atoms with Crippen molar-refractivity contribution < 1.29 is 4.79 Å². The van der Waals surface area contributed by atoms with Gasteiger partial charge in [0, 0.05) is 57.1 Å². The maximum atomic E-state index is 12.4. The second kappa shape index (κ2) is 8.19. The number of aromatic nitrogens is 1. The largest absolute Gasteiger partial charge is 0.312 e. The Kier molecular flexibility index (Phi) is 5.50. The van der Waals surface area contributed by atoms with Crippen LogP contribution in [0.5, 0.6) is 0 Å². The summed E-state index contributed by atoms with van der Waals surface area (Å²) in [6, 6.07) is 15.4. The molecule has 0 radical (unpaired) electrons. The van der Waals surface area contributed by atoms with E-state index in [2.05, 4.69) is 45.5 Å². The molecule has 5 heteroatoms. The molecule has 4 rings (SSSR count). The third kappa shape index (κ3) is 4.04. The number of hydrogen-bond donors (Lipinski definition) is 1. The van der Waals surface area contributed by atoms with E-state index in [1.165, 1.54) is 18.4 Å². The number of anilines is 1. The number of carbonyl (C=O) groups excluding carboxylic acids is 1. The van der Waals surface area contributed by atoms with Crippen LogP contribution in [0.15, 0.2) is 48.7 Å². The molecule has 0 saturated carbocycles. The Balaban J connectivity index is 1.59. The van der Waals surface area contributed by atoms with Crippen LogP contribution in [0.4, 0.5) is 5.69 Å². The van der Waals surface area contributed by atoms with Crippen molar-refractivity contribution in [3.8, 4) is 0 Å². The molecule has 0 spiro atoms. The summed E-state index contributed by atoms with van der Waals surface area (Å²) in [5, 5.41) is 3.64. The predicted molar refractivity (Wildman–Crippen MR) is 107 cm³/mol. The number of benzene rings is 1. The fourth-order valence-corrected chi connectivity index (χ4v) is 4.50. The van der Waals surface area contributed by atoms with Gasteiger partial charge in [0.05, 0.1) is 5.69 Å². The van der Waals surface area contributed by atoms with E-state index in [1.807, 2.05) is 23.2 Å². The monoisotopic (exact) mass is 364 g/mol. The normalized spacial score (nSPS) is 23.5. The molecule has 27 heavy (non-hydrogen) atoms. The average molecular weight is 364 g/mol. The number of amides is 1. The van der Waals surface area contributed by atoms with Crippen molar-refractivity contribution in [1.29, 1.82) is 0 Å². The molecule has 1 fully saturated rings. The SMILES string of the molecule is CC(=O)N1CC[C@@H]2CC[C@H](CNCc3ccccc31)N2Cc1ccccn1. The van der Waals surface area contributed by atoms with E-state index >= 15 is 0 Å². The lowest BCUT2D eigenvalue weighted by atomic mass is 10.1. The fourth-order valence-electron chi connectivity index (χ4n) is 4.50. The van der Waals surface area contributed by atoms with Crippen LogP contribution >= 0.6 is 0 Å². The molecule has 2 aliphatic heterocycles. The van der Waals surface area contributed by atoms with Gasteiger partial charge in [-0.15, -0.1) is 0 Å². The number of hydrogen-bond acceptors (Lipinski definition) is 4. The van der Waals surface area contributed by atoms with E-state index in [4.69, 9.17) is 0 Å². The van der Waals surface area contributed by atoms with Crippen molar-refractivity contribution in [3.05, 3.63) is 59.9 Å². The van der Waals surface area contributed by atoms with E-state index < -0.39 is 0 Å². The van der Waals surface area contributed by atoms with Gasteiger partial charge in [0.2, 0.25) is 5.91 Å². The molecule has 142 valence electrons. The highest BCUT2D eigenvalue weighted by atomic mass is 16.2. The lowest BCUT2D eigenvalue weighted by Crippen LogP contribution is -2.42. The summed E-state index contributed by atoms with van der Waals surface area (Å²) >= 11 is 0. The van der Waals surface area contributed by atoms with Crippen LogP contribution in [0.3, 0.4) is 0 Å². The van der Waals surface area contributed by atoms with Gasteiger partial charge in [-0.05, 0) is 43.0 Å². The molecule has 3 heterocycles. The van der Waals surface area contributed by atoms with Crippen molar-refractivity contribution in [2.24, 2.45) is 0 Å². The number of rotatable bonds is 2. The minimum absolute atomic E-state index is 0.118. The second-order valence-corrected chi connectivity index (χ2v) is 7.60. The summed E-state index contributed by atoms with van der Waals surface area (Å²) in [4.78, 5) is 21.5. The van der Waals surface area contributed by atoms with Gasteiger partial charge in [0.25, 0.3) is 0 Å². The van der Waals surface area contributed by atoms with Crippen LogP contribution in [-0.2, 0) is 17.9 Å². The molecule has 2 aromatic rings. The molecule has 1 aromatic heterocycles. The van der Waals surface area contributed by atoms with Crippen LogP contribution in [0.2, 0.25) is 0 Å². The van der Waals surface area contributed by atoms with Gasteiger partial charge in [0.15, 0.2) is 0 Å². The molecule has 1 amide bonds. The van der Waals surface area contributed by atoms with Crippen LogP contribution in [0.25, 0.3) is 0 Å². The van der Waals surface area contributed by atoms with Gasteiger partial charge in [-0.2, -0.15) is 0 Å². The van der Waals surface area contributed by atoms with Crippen LogP contribution in [0, 0.1) is 0 Å². The van der Waals surface area contributed by atoms with Crippen LogP contribution in [0.1, 0.15) is 37.4 Å². The molecule has 1 aromatic carbocycles. The average Bonchev–Trinajstić information content (AvgIpc) is 3.03. The standard InChI is InChI=1S/C22H28N4O/c1-17(27)25-13-11-20-9-10-21(26(20)16-19-7-4-5-12-24-19)15-23-14-18-6-2-3-8-22(18)25/h2-8,12,20-21,23H,9-11,13-16H2,1H3/t20-,21+/m0/s1. The van der Waals surface area contributed by atoms with E-state index in [-0.39, 0.29) is 5.91 Å². The summed E-state index contributed by atoms with van der Waals surface area (Å²) in [5.41, 5.74) is 3.37. The van der Waals surface area contributed by atoms with Crippen molar-refractivity contribution in [1.82, 2.24) is 15.2 Å².